The van der Waals surface area contributed by atoms with Crippen molar-refractivity contribution < 1.29 is 0 Å². The van der Waals surface area contributed by atoms with Crippen molar-refractivity contribution in [3.05, 3.63) is 99.9 Å². The minimum atomic E-state index is 0.00347. The topological polar surface area (TPSA) is 94.3 Å². The monoisotopic (exact) mass is 507 g/mol. The second-order valence-electron chi connectivity index (χ2n) is 9.98. The van der Waals surface area contributed by atoms with E-state index in [2.05, 4.69) is 95.8 Å². The Morgan fingerprint density at radius 1 is 1.03 bits per heavy atom. The molecule has 0 radical (unpaired) electrons. The van der Waals surface area contributed by atoms with Gasteiger partial charge in [-0.05, 0) is 64.4 Å². The Labute approximate surface area is 222 Å². The molecule has 0 amide bonds. The number of aromatic nitrogens is 7. The van der Waals surface area contributed by atoms with Gasteiger partial charge in [-0.3, -0.25) is 14.1 Å². The molecule has 0 aliphatic carbocycles. The minimum Gasteiger partial charge on any atom is -0.292 e. The summed E-state index contributed by atoms with van der Waals surface area (Å²) in [6.07, 6.45) is 6.75. The fourth-order valence-electron chi connectivity index (χ4n) is 4.95. The van der Waals surface area contributed by atoms with Crippen LogP contribution in [0, 0.1) is 6.92 Å². The minimum absolute atomic E-state index is 0.00347. The zero-order valence-electron chi connectivity index (χ0n) is 22.3. The summed E-state index contributed by atoms with van der Waals surface area (Å²) in [6.45, 7) is 9.12. The molecule has 3 aromatic heterocycles. The van der Waals surface area contributed by atoms with E-state index >= 15 is 0 Å². The first kappa shape index (κ1) is 25.3. The SMILES string of the molecule is CCCCc1cn(-c2c(C)cccc2C(C)C)c(=O)n1Cc1ccc(-c2cccnc2-c2nnn[nH]2)cc1. The highest BCUT2D eigenvalue weighted by Gasteiger charge is 2.18. The molecule has 0 bridgehead atoms. The van der Waals surface area contributed by atoms with Crippen LogP contribution < -0.4 is 5.69 Å². The number of nitrogens with one attached hydrogen (secondary N) is 1. The van der Waals surface area contributed by atoms with Crippen LogP contribution in [-0.4, -0.2) is 34.7 Å². The van der Waals surface area contributed by atoms with E-state index in [9.17, 15) is 4.79 Å². The van der Waals surface area contributed by atoms with Crippen molar-refractivity contribution in [1.82, 2.24) is 34.7 Å². The van der Waals surface area contributed by atoms with E-state index in [1.54, 1.807) is 6.20 Å². The van der Waals surface area contributed by atoms with Gasteiger partial charge in [0.05, 0.1) is 12.2 Å². The number of hydrogen-bond donors (Lipinski definition) is 1. The summed E-state index contributed by atoms with van der Waals surface area (Å²) in [4.78, 5) is 18.3. The predicted octanol–water partition coefficient (Wildman–Crippen LogP) is 5.70. The molecule has 8 nitrogen and oxygen atoms in total. The molecule has 0 saturated carbocycles. The number of H-pyrrole nitrogens is 1. The first-order valence-electron chi connectivity index (χ1n) is 13.2. The molecule has 5 rings (SSSR count). The largest absolute Gasteiger partial charge is 0.333 e. The van der Waals surface area contributed by atoms with Gasteiger partial charge in [0.15, 0.2) is 5.82 Å². The number of hydrogen-bond acceptors (Lipinski definition) is 5. The van der Waals surface area contributed by atoms with Crippen molar-refractivity contribution in [1.29, 1.82) is 0 Å². The van der Waals surface area contributed by atoms with Gasteiger partial charge < -0.3 is 0 Å². The third-order valence-corrected chi connectivity index (χ3v) is 6.96. The van der Waals surface area contributed by atoms with Gasteiger partial charge >= 0.3 is 5.69 Å². The second-order valence-corrected chi connectivity index (χ2v) is 9.98. The van der Waals surface area contributed by atoms with Gasteiger partial charge in [0.25, 0.3) is 0 Å². The molecule has 0 atom stereocenters. The fourth-order valence-corrected chi connectivity index (χ4v) is 4.95. The first-order valence-corrected chi connectivity index (χ1v) is 13.2. The van der Waals surface area contributed by atoms with Gasteiger partial charge in [-0.2, -0.15) is 0 Å². The van der Waals surface area contributed by atoms with Crippen LogP contribution in [0.2, 0.25) is 0 Å². The number of aromatic amines is 1. The molecule has 194 valence electrons. The maximum Gasteiger partial charge on any atom is 0.333 e. The zero-order valence-corrected chi connectivity index (χ0v) is 22.3. The van der Waals surface area contributed by atoms with Gasteiger partial charge in [-0.25, -0.2) is 9.89 Å². The van der Waals surface area contributed by atoms with Crippen LogP contribution in [-0.2, 0) is 13.0 Å². The third-order valence-electron chi connectivity index (χ3n) is 6.96. The summed E-state index contributed by atoms with van der Waals surface area (Å²) in [5, 5.41) is 14.2. The lowest BCUT2D eigenvalue weighted by atomic mass is 9.98. The lowest BCUT2D eigenvalue weighted by Crippen LogP contribution is -2.26. The van der Waals surface area contributed by atoms with E-state index in [1.165, 1.54) is 5.56 Å². The Kier molecular flexibility index (Phi) is 7.31. The molecule has 1 N–H and O–H groups in total. The summed E-state index contributed by atoms with van der Waals surface area (Å²) in [7, 11) is 0. The predicted molar refractivity (Wildman–Crippen MR) is 149 cm³/mol. The summed E-state index contributed by atoms with van der Waals surface area (Å²) in [6, 6.07) is 18.5. The summed E-state index contributed by atoms with van der Waals surface area (Å²) >= 11 is 0. The average molecular weight is 508 g/mol. The molecule has 0 spiro atoms. The highest BCUT2D eigenvalue weighted by molar-refractivity contribution is 5.77. The molecule has 8 heteroatoms. The maximum absolute atomic E-state index is 13.8. The lowest BCUT2D eigenvalue weighted by molar-refractivity contribution is 0.673. The molecule has 0 aliphatic heterocycles. The summed E-state index contributed by atoms with van der Waals surface area (Å²) in [5.74, 6) is 0.840. The molecule has 0 saturated heterocycles. The van der Waals surface area contributed by atoms with Crippen LogP contribution in [0.15, 0.2) is 71.8 Å². The Bertz CT molecular complexity index is 1580. The normalized spacial score (nSPS) is 11.4. The number of imidazole rings is 1. The van der Waals surface area contributed by atoms with Crippen LogP contribution in [0.1, 0.15) is 61.9 Å². The van der Waals surface area contributed by atoms with Gasteiger partial charge in [-0.1, -0.05) is 75.7 Å². The molecular formula is C30H33N7O. The number of para-hydroxylation sites is 1. The quantitative estimate of drug-likeness (QED) is 0.276. The van der Waals surface area contributed by atoms with Gasteiger partial charge in [0.2, 0.25) is 0 Å². The van der Waals surface area contributed by atoms with Crippen LogP contribution in [0.3, 0.4) is 0 Å². The average Bonchev–Trinajstić information content (AvgIpc) is 3.57. The number of unbranched alkanes of at least 4 members (excludes halogenated alkanes) is 1. The Morgan fingerprint density at radius 3 is 2.55 bits per heavy atom. The molecule has 38 heavy (non-hydrogen) atoms. The van der Waals surface area contributed by atoms with Gasteiger partial charge in [-0.15, -0.1) is 5.10 Å². The second kappa shape index (κ2) is 11.0. The Morgan fingerprint density at radius 2 is 1.84 bits per heavy atom. The van der Waals surface area contributed by atoms with E-state index < -0.39 is 0 Å². The third kappa shape index (κ3) is 4.94. The molecule has 0 aliphatic rings. The molecular weight excluding hydrogens is 474 g/mol. The zero-order chi connectivity index (χ0) is 26.6. The van der Waals surface area contributed by atoms with E-state index in [-0.39, 0.29) is 5.69 Å². The lowest BCUT2D eigenvalue weighted by Gasteiger charge is -2.15. The molecule has 2 aromatic carbocycles. The number of benzene rings is 2. The van der Waals surface area contributed by atoms with Crippen LogP contribution >= 0.6 is 0 Å². The molecule has 3 heterocycles. The van der Waals surface area contributed by atoms with Crippen molar-refractivity contribution >= 4 is 0 Å². The first-order chi connectivity index (χ1) is 18.5. The fraction of sp³-hybridized carbons (Fsp3) is 0.300. The van der Waals surface area contributed by atoms with Crippen LogP contribution in [0.5, 0.6) is 0 Å². The van der Waals surface area contributed by atoms with Crippen LogP contribution in [0.25, 0.3) is 28.3 Å². The van der Waals surface area contributed by atoms with E-state index in [0.717, 1.165) is 52.9 Å². The standard InChI is InChI=1S/C30H33N7O/c1-5-6-10-24-19-37(28-21(4)9-7-11-25(28)20(2)3)30(38)36(24)18-22-13-15-23(16-14-22)26-12-8-17-31-27(26)29-32-34-35-33-29/h7-9,11-17,19-20H,5-6,10,18H2,1-4H3,(H,32,33,34,35). The van der Waals surface area contributed by atoms with Crippen molar-refractivity contribution in [2.24, 2.45) is 0 Å². The van der Waals surface area contributed by atoms with Crippen molar-refractivity contribution in [3.63, 3.8) is 0 Å². The van der Waals surface area contributed by atoms with Gasteiger partial charge in [0, 0.05) is 23.7 Å². The van der Waals surface area contributed by atoms with Crippen LogP contribution in [0.4, 0.5) is 0 Å². The molecule has 0 unspecified atom stereocenters. The number of tetrazole rings is 1. The van der Waals surface area contributed by atoms with Gasteiger partial charge in [0.1, 0.15) is 5.69 Å². The summed E-state index contributed by atoms with van der Waals surface area (Å²) in [5.41, 5.74) is 8.06. The molecule has 0 fully saturated rings. The van der Waals surface area contributed by atoms with E-state index in [0.29, 0.717) is 24.0 Å². The van der Waals surface area contributed by atoms with E-state index in [4.69, 9.17) is 0 Å². The number of pyridine rings is 1. The molecule has 5 aromatic rings. The Hall–Kier alpha value is -4.33. The number of aryl methyl sites for hydroxylation is 2. The Balaban J connectivity index is 1.51. The van der Waals surface area contributed by atoms with Crippen molar-refractivity contribution in [2.45, 2.75) is 59.4 Å². The maximum atomic E-state index is 13.8. The number of rotatable bonds is 9. The summed E-state index contributed by atoms with van der Waals surface area (Å²) < 4.78 is 3.79. The number of nitrogens with zero attached hydrogens (tertiary/aromatic N) is 6. The highest BCUT2D eigenvalue weighted by atomic mass is 16.1. The smallest absolute Gasteiger partial charge is 0.292 e. The highest BCUT2D eigenvalue weighted by Crippen LogP contribution is 2.29. The van der Waals surface area contributed by atoms with Crippen molar-refractivity contribution in [3.8, 4) is 28.3 Å². The van der Waals surface area contributed by atoms with Crippen molar-refractivity contribution in [2.75, 3.05) is 0 Å². The van der Waals surface area contributed by atoms with E-state index in [1.807, 2.05) is 27.5 Å².